The van der Waals surface area contributed by atoms with Crippen LogP contribution in [0, 0.1) is 16.7 Å². The van der Waals surface area contributed by atoms with Gasteiger partial charge in [-0.3, -0.25) is 0 Å². The van der Waals surface area contributed by atoms with Gasteiger partial charge in [0.05, 0.1) is 5.54 Å². The van der Waals surface area contributed by atoms with Crippen LogP contribution in [0.4, 0.5) is 0 Å². The summed E-state index contributed by atoms with van der Waals surface area (Å²) in [4.78, 5) is 8.64. The zero-order valence-corrected chi connectivity index (χ0v) is 11.9. The van der Waals surface area contributed by atoms with Crippen LogP contribution in [0.3, 0.4) is 0 Å². The third-order valence-electron chi connectivity index (χ3n) is 5.19. The van der Waals surface area contributed by atoms with Crippen LogP contribution in [0.2, 0.25) is 0 Å². The van der Waals surface area contributed by atoms with Crippen molar-refractivity contribution in [1.29, 1.82) is 0 Å². The summed E-state index contributed by atoms with van der Waals surface area (Å²) in [6.07, 6.45) is 7.44. The third-order valence-corrected chi connectivity index (χ3v) is 5.19. The smallest absolute Gasteiger partial charge is 0.219 e. The van der Waals surface area contributed by atoms with Gasteiger partial charge in [-0.15, -0.1) is 0 Å². The molecule has 106 valence electrons. The molecule has 4 aliphatic carbocycles. The van der Waals surface area contributed by atoms with Gasteiger partial charge in [-0.2, -0.15) is 4.99 Å². The molecule has 0 aromatic carbocycles. The molecule has 0 aromatic rings. The van der Waals surface area contributed by atoms with Crippen LogP contribution in [0.5, 0.6) is 0 Å². The third kappa shape index (κ3) is 2.19. The minimum absolute atomic E-state index is 0.0107. The first kappa shape index (κ1) is 12.8. The molecular weight excluding hydrogens is 238 g/mol. The molecule has 0 spiro atoms. The van der Waals surface area contributed by atoms with E-state index in [1.54, 1.807) is 0 Å². The summed E-state index contributed by atoms with van der Waals surface area (Å²) in [5.74, 6) is 1.03. The van der Waals surface area contributed by atoms with Crippen molar-refractivity contribution in [3.63, 3.8) is 0 Å². The highest BCUT2D eigenvalue weighted by Gasteiger charge is 2.60. The van der Waals surface area contributed by atoms with Gasteiger partial charge >= 0.3 is 0 Å². The van der Waals surface area contributed by atoms with Gasteiger partial charge in [-0.1, -0.05) is 13.8 Å². The highest BCUT2D eigenvalue weighted by atomic mass is 15.1. The standard InChI is InChI=1S/C14H25N5/c1-12-3-9-4-13(2,6-12)8-14(5-9,7-12)19-11(17)18-10(15)16/h9H,3-8H2,1-2H3,(H6,15,16,17,18,19). The van der Waals surface area contributed by atoms with Crippen molar-refractivity contribution >= 4 is 11.9 Å². The number of hydrogen-bond acceptors (Lipinski definition) is 1. The lowest BCUT2D eigenvalue weighted by Gasteiger charge is -2.64. The predicted molar refractivity (Wildman–Crippen MR) is 77.6 cm³/mol. The van der Waals surface area contributed by atoms with E-state index in [0.717, 1.165) is 25.2 Å². The Balaban J connectivity index is 1.95. The average Bonchev–Trinajstić information content (AvgIpc) is 2.06. The van der Waals surface area contributed by atoms with E-state index in [4.69, 9.17) is 22.2 Å². The lowest BCUT2D eigenvalue weighted by Crippen LogP contribution is -2.58. The maximum atomic E-state index is 5.88. The summed E-state index contributed by atoms with van der Waals surface area (Å²) in [5.41, 5.74) is 17.5. The fourth-order valence-corrected chi connectivity index (χ4v) is 5.91. The molecule has 4 aliphatic rings. The van der Waals surface area contributed by atoms with Crippen LogP contribution in [0.1, 0.15) is 52.4 Å². The van der Waals surface area contributed by atoms with E-state index in [2.05, 4.69) is 18.8 Å². The molecule has 0 saturated heterocycles. The second-order valence-corrected chi connectivity index (χ2v) is 7.86. The van der Waals surface area contributed by atoms with Crippen molar-refractivity contribution in [2.45, 2.75) is 57.9 Å². The van der Waals surface area contributed by atoms with Crippen LogP contribution in [-0.2, 0) is 0 Å². The molecule has 5 heteroatoms. The van der Waals surface area contributed by atoms with Gasteiger partial charge in [0.25, 0.3) is 0 Å². The summed E-state index contributed by atoms with van der Waals surface area (Å²) < 4.78 is 0. The Morgan fingerprint density at radius 3 is 2.00 bits per heavy atom. The summed E-state index contributed by atoms with van der Waals surface area (Å²) in [6.45, 7) is 4.83. The van der Waals surface area contributed by atoms with Crippen LogP contribution >= 0.6 is 0 Å². The number of guanidine groups is 2. The van der Waals surface area contributed by atoms with Crippen LogP contribution in [0.25, 0.3) is 0 Å². The summed E-state index contributed by atoms with van der Waals surface area (Å²) in [5, 5.41) is 0. The molecule has 2 unspecified atom stereocenters. The molecule has 0 amide bonds. The minimum Gasteiger partial charge on any atom is -0.370 e. The van der Waals surface area contributed by atoms with E-state index < -0.39 is 0 Å². The van der Waals surface area contributed by atoms with Gasteiger partial charge in [0.1, 0.15) is 0 Å². The first-order valence-corrected chi connectivity index (χ1v) is 7.17. The van der Waals surface area contributed by atoms with Crippen LogP contribution in [0.15, 0.2) is 9.98 Å². The molecule has 6 N–H and O–H groups in total. The Morgan fingerprint density at radius 1 is 0.947 bits per heavy atom. The topological polar surface area (TPSA) is 103 Å². The van der Waals surface area contributed by atoms with Gasteiger partial charge < -0.3 is 17.2 Å². The van der Waals surface area contributed by atoms with Gasteiger partial charge in [-0.25, -0.2) is 4.99 Å². The van der Waals surface area contributed by atoms with E-state index in [1.165, 1.54) is 19.3 Å². The van der Waals surface area contributed by atoms with Crippen LogP contribution in [-0.4, -0.2) is 17.5 Å². The first-order valence-electron chi connectivity index (χ1n) is 7.17. The SMILES string of the molecule is CC12CC3CC(C)(C1)CC(N=C(N)N=C(N)N)(C3)C2. The Bertz CT molecular complexity index is 444. The molecule has 4 rings (SSSR count). The van der Waals surface area contributed by atoms with Crippen molar-refractivity contribution < 1.29 is 0 Å². The largest absolute Gasteiger partial charge is 0.370 e. The summed E-state index contributed by atoms with van der Waals surface area (Å²) in [6, 6.07) is 0. The Morgan fingerprint density at radius 2 is 1.53 bits per heavy atom. The molecule has 0 radical (unpaired) electrons. The molecule has 0 aromatic heterocycles. The normalized spacial score (nSPS) is 48.3. The second-order valence-electron chi connectivity index (χ2n) is 7.86. The van der Waals surface area contributed by atoms with Crippen molar-refractivity contribution in [3.05, 3.63) is 0 Å². The van der Waals surface area contributed by atoms with Gasteiger partial charge in [0.2, 0.25) is 5.96 Å². The van der Waals surface area contributed by atoms with E-state index in [0.29, 0.717) is 10.8 Å². The van der Waals surface area contributed by atoms with Crippen molar-refractivity contribution in [2.75, 3.05) is 0 Å². The first-order chi connectivity index (χ1) is 8.72. The highest BCUT2D eigenvalue weighted by molar-refractivity contribution is 5.92. The average molecular weight is 263 g/mol. The minimum atomic E-state index is -0.0219. The zero-order valence-electron chi connectivity index (χ0n) is 11.9. The monoisotopic (exact) mass is 263 g/mol. The summed E-state index contributed by atoms with van der Waals surface area (Å²) in [7, 11) is 0. The Kier molecular flexibility index (Phi) is 2.45. The number of hydrogen-bond donors (Lipinski definition) is 3. The fourth-order valence-electron chi connectivity index (χ4n) is 5.91. The van der Waals surface area contributed by atoms with Crippen molar-refractivity contribution in [2.24, 2.45) is 43.9 Å². The predicted octanol–water partition coefficient (Wildman–Crippen LogP) is 1.32. The maximum absolute atomic E-state index is 5.88. The van der Waals surface area contributed by atoms with E-state index >= 15 is 0 Å². The summed E-state index contributed by atoms with van der Waals surface area (Å²) >= 11 is 0. The molecule has 4 saturated carbocycles. The van der Waals surface area contributed by atoms with E-state index in [9.17, 15) is 0 Å². The molecule has 4 fully saturated rings. The van der Waals surface area contributed by atoms with Crippen molar-refractivity contribution in [3.8, 4) is 0 Å². The van der Waals surface area contributed by atoms with E-state index in [-0.39, 0.29) is 17.5 Å². The zero-order chi connectivity index (χ0) is 13.9. The number of aliphatic imine (C=N–C) groups is 2. The fraction of sp³-hybridized carbons (Fsp3) is 0.857. The molecule has 19 heavy (non-hydrogen) atoms. The molecule has 0 aliphatic heterocycles. The van der Waals surface area contributed by atoms with Crippen molar-refractivity contribution in [1.82, 2.24) is 0 Å². The Labute approximate surface area is 114 Å². The highest BCUT2D eigenvalue weighted by Crippen LogP contribution is 2.67. The lowest BCUT2D eigenvalue weighted by atomic mass is 9.43. The van der Waals surface area contributed by atoms with Gasteiger partial charge in [0, 0.05) is 0 Å². The van der Waals surface area contributed by atoms with E-state index in [1.807, 2.05) is 0 Å². The quantitative estimate of drug-likeness (QED) is 0.491. The molecule has 0 heterocycles. The van der Waals surface area contributed by atoms with Crippen LogP contribution < -0.4 is 17.2 Å². The second kappa shape index (κ2) is 3.64. The van der Waals surface area contributed by atoms with Gasteiger partial charge in [0.15, 0.2) is 5.96 Å². The number of nitrogens with zero attached hydrogens (tertiary/aromatic N) is 2. The molecule has 4 bridgehead atoms. The molecular formula is C14H25N5. The van der Waals surface area contributed by atoms with Gasteiger partial charge in [-0.05, 0) is 55.3 Å². The number of nitrogens with two attached hydrogens (primary N) is 3. The molecule has 2 atom stereocenters. The molecule has 5 nitrogen and oxygen atoms in total. The number of rotatable bonds is 1. The lowest BCUT2D eigenvalue weighted by molar-refractivity contribution is -0.104. The Hall–Kier alpha value is -1.26. The maximum Gasteiger partial charge on any atom is 0.219 e.